The van der Waals surface area contributed by atoms with Crippen molar-refractivity contribution in [3.05, 3.63) is 102 Å². The summed E-state index contributed by atoms with van der Waals surface area (Å²) in [5, 5.41) is 2.55. The number of nitrogens with one attached hydrogen (secondary N) is 2. The van der Waals surface area contributed by atoms with Crippen LogP contribution >= 0.6 is 11.9 Å². The second-order valence-corrected chi connectivity index (χ2v) is 7.46. The van der Waals surface area contributed by atoms with Gasteiger partial charge in [-0.3, -0.25) is 10.2 Å². The number of halogens is 1. The van der Waals surface area contributed by atoms with Crippen LogP contribution in [0.2, 0.25) is 0 Å². The average molecular weight is 419 g/mol. The first-order valence-electron chi connectivity index (χ1n) is 9.51. The van der Waals surface area contributed by atoms with E-state index < -0.39 is 5.82 Å². The van der Waals surface area contributed by atoms with Gasteiger partial charge in [0.1, 0.15) is 5.82 Å². The first kappa shape index (κ1) is 21.7. The first-order chi connectivity index (χ1) is 14.6. The molecular formula is C25H23FN2OS. The molecule has 0 heterocycles. The van der Waals surface area contributed by atoms with Gasteiger partial charge >= 0.3 is 0 Å². The predicted molar refractivity (Wildman–Crippen MR) is 124 cm³/mol. The van der Waals surface area contributed by atoms with Gasteiger partial charge in [-0.05, 0) is 71.6 Å². The number of hydrogen-bond acceptors (Lipinski definition) is 4. The number of carbonyl (C=O) groups is 1. The summed E-state index contributed by atoms with van der Waals surface area (Å²) in [6.07, 6.45) is 0.567. The number of carbonyl (C=O) groups excluding carboxylic acids is 1. The molecule has 0 saturated carbocycles. The summed E-state index contributed by atoms with van der Waals surface area (Å²) in [5.41, 5.74) is 5.58. The molecule has 0 radical (unpaired) electrons. The maximum Gasteiger partial charge on any atom is 0.153 e. The maximum atomic E-state index is 13.3. The molecule has 152 valence electrons. The zero-order valence-corrected chi connectivity index (χ0v) is 17.7. The summed E-state index contributed by atoms with van der Waals surface area (Å²) in [7, 11) is 1.86. The smallest absolute Gasteiger partial charge is 0.153 e. The molecule has 0 fully saturated rings. The van der Waals surface area contributed by atoms with Crippen LogP contribution in [0.1, 0.15) is 15.9 Å². The third kappa shape index (κ3) is 5.33. The molecule has 4 aromatic carbocycles. The van der Waals surface area contributed by atoms with Crippen LogP contribution in [0.5, 0.6) is 0 Å². The van der Waals surface area contributed by atoms with Crippen molar-refractivity contribution < 1.29 is 9.18 Å². The normalized spacial score (nSPS) is 10.4. The van der Waals surface area contributed by atoms with E-state index in [1.165, 1.54) is 21.7 Å². The van der Waals surface area contributed by atoms with Gasteiger partial charge in [0, 0.05) is 4.90 Å². The van der Waals surface area contributed by atoms with E-state index in [0.29, 0.717) is 11.8 Å². The molecule has 0 aliphatic carbocycles. The molecule has 0 aliphatic rings. The molecule has 0 aromatic heterocycles. The van der Waals surface area contributed by atoms with Crippen molar-refractivity contribution in [1.82, 2.24) is 10.3 Å². The van der Waals surface area contributed by atoms with Crippen molar-refractivity contribution in [2.75, 3.05) is 7.05 Å². The molecule has 0 amide bonds. The second-order valence-electron chi connectivity index (χ2n) is 6.58. The molecule has 3 nitrogen and oxygen atoms in total. The monoisotopic (exact) mass is 418 g/mol. The molecule has 4 rings (SSSR count). The van der Waals surface area contributed by atoms with Crippen LogP contribution in [-0.2, 0) is 0 Å². The Hall–Kier alpha value is -2.99. The highest BCUT2D eigenvalue weighted by Crippen LogP contribution is 2.26. The highest BCUT2D eigenvalue weighted by molar-refractivity contribution is 7.97. The Morgan fingerprint density at radius 2 is 1.57 bits per heavy atom. The fraction of sp³-hybridized carbons (Fsp3) is 0.0800. The van der Waals surface area contributed by atoms with Crippen molar-refractivity contribution in [2.45, 2.75) is 11.8 Å². The fourth-order valence-corrected chi connectivity index (χ4v) is 3.65. The van der Waals surface area contributed by atoms with E-state index in [9.17, 15) is 9.18 Å². The quantitative estimate of drug-likeness (QED) is 0.231. The Morgan fingerprint density at radius 1 is 0.867 bits per heavy atom. The molecule has 0 bridgehead atoms. The van der Waals surface area contributed by atoms with Crippen LogP contribution in [0.3, 0.4) is 0 Å². The molecule has 0 atom stereocenters. The highest BCUT2D eigenvalue weighted by atomic mass is 32.2. The number of hydrazine groups is 1. The Kier molecular flexibility index (Phi) is 7.74. The molecule has 0 aliphatic heterocycles. The van der Waals surface area contributed by atoms with Gasteiger partial charge in [-0.1, -0.05) is 66.7 Å². The molecule has 0 saturated heterocycles. The van der Waals surface area contributed by atoms with Crippen LogP contribution in [0.4, 0.5) is 4.39 Å². The molecule has 0 unspecified atom stereocenters. The van der Waals surface area contributed by atoms with Gasteiger partial charge in [-0.2, -0.15) is 4.83 Å². The summed E-state index contributed by atoms with van der Waals surface area (Å²) >= 11 is 1.57. The van der Waals surface area contributed by atoms with Gasteiger partial charge in [-0.25, -0.2) is 4.39 Å². The lowest BCUT2D eigenvalue weighted by atomic mass is 9.97. The molecule has 5 heteroatoms. The Morgan fingerprint density at radius 3 is 2.27 bits per heavy atom. The van der Waals surface area contributed by atoms with E-state index >= 15 is 0 Å². The minimum absolute atomic E-state index is 0.140. The van der Waals surface area contributed by atoms with Crippen molar-refractivity contribution in [3.8, 4) is 11.1 Å². The zero-order chi connectivity index (χ0) is 21.3. The Bertz CT molecular complexity index is 1130. The number of fused-ring (bicyclic) bond motifs is 1. The number of aldehydes is 1. The number of hydrogen-bond donors (Lipinski definition) is 2. The number of benzene rings is 4. The van der Waals surface area contributed by atoms with E-state index in [4.69, 9.17) is 0 Å². The summed E-state index contributed by atoms with van der Waals surface area (Å²) in [4.78, 5) is 15.0. The molecule has 2 N–H and O–H groups in total. The summed E-state index contributed by atoms with van der Waals surface area (Å²) < 4.78 is 13.3. The van der Waals surface area contributed by atoms with Crippen molar-refractivity contribution in [3.63, 3.8) is 0 Å². The van der Waals surface area contributed by atoms with E-state index in [0.717, 1.165) is 11.1 Å². The first-order valence-corrected chi connectivity index (χ1v) is 10.3. The third-order valence-electron chi connectivity index (χ3n) is 4.66. The lowest BCUT2D eigenvalue weighted by Gasteiger charge is -2.08. The van der Waals surface area contributed by atoms with E-state index in [1.54, 1.807) is 24.9 Å². The summed E-state index contributed by atoms with van der Waals surface area (Å²) in [5.74, 6) is -0.466. The van der Waals surface area contributed by atoms with E-state index in [1.807, 2.05) is 37.4 Å². The van der Waals surface area contributed by atoms with Gasteiger partial charge in [0.2, 0.25) is 0 Å². The van der Waals surface area contributed by atoms with Crippen molar-refractivity contribution >= 4 is 29.0 Å². The number of rotatable bonds is 5. The van der Waals surface area contributed by atoms with Crippen LogP contribution in [0, 0.1) is 12.7 Å². The van der Waals surface area contributed by atoms with Gasteiger partial charge in [0.25, 0.3) is 0 Å². The second kappa shape index (κ2) is 10.7. The highest BCUT2D eigenvalue weighted by Gasteiger charge is 2.10. The average Bonchev–Trinajstić information content (AvgIpc) is 2.79. The van der Waals surface area contributed by atoms with Crippen LogP contribution < -0.4 is 10.3 Å². The van der Waals surface area contributed by atoms with Crippen LogP contribution in [0.15, 0.2) is 89.8 Å². The fourth-order valence-electron chi connectivity index (χ4n) is 3.11. The van der Waals surface area contributed by atoms with Gasteiger partial charge in [0.15, 0.2) is 6.29 Å². The Balaban J connectivity index is 0.000000172. The zero-order valence-electron chi connectivity index (χ0n) is 16.9. The van der Waals surface area contributed by atoms with E-state index in [2.05, 4.69) is 52.7 Å². The molecule has 4 aromatic rings. The SMILES string of the molecule is CNNSc1ccc2ccccc2c1.Cc1c(-c2ccccc2)ccc(F)c1C=O. The largest absolute Gasteiger partial charge is 0.298 e. The van der Waals surface area contributed by atoms with Gasteiger partial charge in [-0.15, -0.1) is 0 Å². The molecular weight excluding hydrogens is 395 g/mol. The topological polar surface area (TPSA) is 41.1 Å². The summed E-state index contributed by atoms with van der Waals surface area (Å²) in [6, 6.07) is 27.4. The van der Waals surface area contributed by atoms with Crippen molar-refractivity contribution in [2.24, 2.45) is 0 Å². The predicted octanol–water partition coefficient (Wildman–Crippen LogP) is 6.18. The Labute approximate surface area is 180 Å². The minimum atomic E-state index is -0.466. The van der Waals surface area contributed by atoms with Crippen LogP contribution in [0.25, 0.3) is 21.9 Å². The van der Waals surface area contributed by atoms with Crippen LogP contribution in [-0.4, -0.2) is 13.3 Å². The minimum Gasteiger partial charge on any atom is -0.298 e. The standard InChI is InChI=1S/C14H11FO.C11H12N2S/c1-10-12(11-5-3-2-4-6-11)7-8-14(15)13(10)9-16;1-12-13-14-11-7-6-9-4-2-3-5-10(9)8-11/h2-9H,1H3;2-8,12-13H,1H3. The van der Waals surface area contributed by atoms with Gasteiger partial charge < -0.3 is 0 Å². The van der Waals surface area contributed by atoms with Gasteiger partial charge in [0.05, 0.1) is 5.56 Å². The molecule has 0 spiro atoms. The summed E-state index contributed by atoms with van der Waals surface area (Å²) in [6.45, 7) is 1.76. The van der Waals surface area contributed by atoms with Crippen molar-refractivity contribution in [1.29, 1.82) is 0 Å². The lowest BCUT2D eigenvalue weighted by molar-refractivity contribution is 0.111. The lowest BCUT2D eigenvalue weighted by Crippen LogP contribution is -2.18. The molecule has 30 heavy (non-hydrogen) atoms. The van der Waals surface area contributed by atoms with E-state index in [-0.39, 0.29) is 5.56 Å². The maximum absolute atomic E-state index is 13.3. The third-order valence-corrected chi connectivity index (χ3v) is 5.45.